The largest absolute Gasteiger partial charge is 0.371 e. The fourth-order valence-corrected chi connectivity index (χ4v) is 5.85. The second-order valence-corrected chi connectivity index (χ2v) is 11.3. The van der Waals surface area contributed by atoms with Crippen LogP contribution in [0.3, 0.4) is 0 Å². The number of benzene rings is 1. The molecule has 2 aliphatic rings. The van der Waals surface area contributed by atoms with E-state index >= 15 is 0 Å². The monoisotopic (exact) mass is 576 g/mol. The average molecular weight is 577 g/mol. The number of aromatic amines is 1. The van der Waals surface area contributed by atoms with Gasteiger partial charge in [-0.1, -0.05) is 24.8 Å². The lowest BCUT2D eigenvalue weighted by atomic mass is 9.98. The van der Waals surface area contributed by atoms with E-state index in [1.807, 2.05) is 33.3 Å². The predicted molar refractivity (Wildman–Crippen MR) is 174 cm³/mol. The van der Waals surface area contributed by atoms with Gasteiger partial charge >= 0.3 is 0 Å². The number of halogens is 1. The van der Waals surface area contributed by atoms with E-state index in [-0.39, 0.29) is 5.82 Å². The summed E-state index contributed by atoms with van der Waals surface area (Å²) in [6.07, 6.45) is 15.0. The zero-order chi connectivity index (χ0) is 29.9. The number of anilines is 2. The number of H-pyrrole nitrogens is 1. The third kappa shape index (κ3) is 5.99. The van der Waals surface area contributed by atoms with Crippen molar-refractivity contribution in [2.45, 2.75) is 32.7 Å². The Balaban J connectivity index is 1.31. The van der Waals surface area contributed by atoms with Gasteiger partial charge in [0.05, 0.1) is 23.8 Å². The minimum Gasteiger partial charge on any atom is -0.371 e. The summed E-state index contributed by atoms with van der Waals surface area (Å²) in [6, 6.07) is 7.38. The number of allylic oxidation sites excluding steroid dienone is 3. The molecule has 1 fully saturated rings. The van der Waals surface area contributed by atoms with Crippen LogP contribution in [0.5, 0.6) is 0 Å². The molecular formula is C34H37FN8. The first kappa shape index (κ1) is 28.5. The highest BCUT2D eigenvalue weighted by atomic mass is 19.1. The van der Waals surface area contributed by atoms with Gasteiger partial charge in [-0.25, -0.2) is 9.37 Å². The molecule has 0 radical (unpaired) electrons. The van der Waals surface area contributed by atoms with E-state index in [4.69, 9.17) is 4.99 Å². The Morgan fingerprint density at radius 3 is 2.70 bits per heavy atom. The van der Waals surface area contributed by atoms with Crippen molar-refractivity contribution in [3.63, 3.8) is 0 Å². The molecule has 4 aromatic rings. The molecule has 0 saturated carbocycles. The molecular weight excluding hydrogens is 539 g/mol. The van der Waals surface area contributed by atoms with Gasteiger partial charge in [0.15, 0.2) is 11.5 Å². The van der Waals surface area contributed by atoms with Gasteiger partial charge in [-0.15, -0.1) is 0 Å². The second kappa shape index (κ2) is 12.3. The fraction of sp³-hybridized carbons (Fsp3) is 0.294. The van der Waals surface area contributed by atoms with E-state index in [1.165, 1.54) is 6.42 Å². The molecule has 220 valence electrons. The molecule has 2 aliphatic heterocycles. The van der Waals surface area contributed by atoms with Crippen LogP contribution in [0.1, 0.15) is 43.0 Å². The van der Waals surface area contributed by atoms with Crippen LogP contribution in [0.2, 0.25) is 0 Å². The number of piperidine rings is 1. The maximum absolute atomic E-state index is 14.8. The van der Waals surface area contributed by atoms with Gasteiger partial charge in [0, 0.05) is 54.4 Å². The van der Waals surface area contributed by atoms with Crippen molar-refractivity contribution in [3.05, 3.63) is 95.9 Å². The Morgan fingerprint density at radius 1 is 1.09 bits per heavy atom. The van der Waals surface area contributed by atoms with Gasteiger partial charge in [-0.3, -0.25) is 15.1 Å². The van der Waals surface area contributed by atoms with Crippen molar-refractivity contribution < 1.29 is 4.39 Å². The van der Waals surface area contributed by atoms with E-state index < -0.39 is 0 Å². The van der Waals surface area contributed by atoms with E-state index in [0.717, 1.165) is 88.3 Å². The lowest BCUT2D eigenvalue weighted by Gasteiger charge is -2.29. The number of amidine groups is 1. The van der Waals surface area contributed by atoms with Crippen LogP contribution in [0.25, 0.3) is 27.7 Å². The molecule has 8 nitrogen and oxygen atoms in total. The number of pyridine rings is 2. The molecule has 43 heavy (non-hydrogen) atoms. The molecule has 1 aromatic carbocycles. The van der Waals surface area contributed by atoms with Crippen LogP contribution in [0.15, 0.2) is 78.2 Å². The molecule has 0 spiro atoms. The standard InChI is InChI=1S/C34H37FN8/c1-5-22(21-42(3)4)12-23(6-2)25-15-28-32(40-41-33(28)37-17-25)34-38-19-30-29(18-36-20-31(30)39-34)24-13-26(35)16-27(14-24)43-10-8-7-9-11-43/h5-6,12-18,20H,1,7-11,19,21H2,2-4H3,(H,38,39)(H,37,40,41)/b22-12+,23-6+. The van der Waals surface area contributed by atoms with Crippen LogP contribution in [0, 0.1) is 5.82 Å². The Kier molecular flexibility index (Phi) is 8.16. The van der Waals surface area contributed by atoms with Gasteiger partial charge in [-0.05, 0) is 81.3 Å². The number of aliphatic imine (C=N–C) groups is 1. The summed E-state index contributed by atoms with van der Waals surface area (Å²) in [5.74, 6) is 0.422. The van der Waals surface area contributed by atoms with E-state index in [9.17, 15) is 4.39 Å². The summed E-state index contributed by atoms with van der Waals surface area (Å²) in [6.45, 7) is 9.13. The third-order valence-corrected chi connectivity index (χ3v) is 8.01. The normalized spacial score (nSPS) is 15.8. The second-order valence-electron chi connectivity index (χ2n) is 11.3. The average Bonchev–Trinajstić information content (AvgIpc) is 3.46. The summed E-state index contributed by atoms with van der Waals surface area (Å²) in [7, 11) is 4.08. The first-order valence-electron chi connectivity index (χ1n) is 14.8. The number of hydrogen-bond donors (Lipinski definition) is 2. The molecule has 0 amide bonds. The van der Waals surface area contributed by atoms with Gasteiger partial charge < -0.3 is 15.1 Å². The molecule has 0 unspecified atom stereocenters. The number of likely N-dealkylation sites (N-methyl/N-ethyl adjacent to an activating group) is 1. The first-order chi connectivity index (χ1) is 20.9. The SMILES string of the molecule is C=C/C(=C\C(=C/C)c1cnc2n[nH]c(C3=NCc4c(cncc4-c4cc(F)cc(N5CCCCC5)c4)N3)c2c1)CN(C)C. The highest BCUT2D eigenvalue weighted by Gasteiger charge is 2.22. The predicted octanol–water partition coefficient (Wildman–Crippen LogP) is 6.60. The van der Waals surface area contributed by atoms with Crippen molar-refractivity contribution in [1.82, 2.24) is 25.1 Å². The third-order valence-electron chi connectivity index (χ3n) is 8.01. The molecule has 2 N–H and O–H groups in total. The van der Waals surface area contributed by atoms with Crippen molar-refractivity contribution in [2.75, 3.05) is 43.9 Å². The maximum Gasteiger partial charge on any atom is 0.181 e. The maximum atomic E-state index is 14.8. The molecule has 0 atom stereocenters. The first-order valence-corrected chi connectivity index (χ1v) is 14.8. The van der Waals surface area contributed by atoms with Crippen LogP contribution in [-0.4, -0.2) is 64.6 Å². The lowest BCUT2D eigenvalue weighted by Crippen LogP contribution is -2.29. The molecule has 6 rings (SSSR count). The number of nitrogens with one attached hydrogen (secondary N) is 2. The van der Waals surface area contributed by atoms with E-state index in [1.54, 1.807) is 24.5 Å². The zero-order valence-electron chi connectivity index (χ0n) is 25.0. The number of nitrogens with zero attached hydrogens (tertiary/aromatic N) is 6. The number of hydrogen-bond acceptors (Lipinski definition) is 7. The molecule has 3 aromatic heterocycles. The smallest absolute Gasteiger partial charge is 0.181 e. The van der Waals surface area contributed by atoms with Crippen molar-refractivity contribution in [3.8, 4) is 11.1 Å². The van der Waals surface area contributed by atoms with E-state index in [2.05, 4.69) is 66.1 Å². The minimum atomic E-state index is -0.242. The molecule has 5 heterocycles. The van der Waals surface area contributed by atoms with Gasteiger partial charge in [0.25, 0.3) is 0 Å². The van der Waals surface area contributed by atoms with Crippen LogP contribution in [-0.2, 0) is 6.54 Å². The molecule has 1 saturated heterocycles. The topological polar surface area (TPSA) is 85.3 Å². The van der Waals surface area contributed by atoms with Crippen LogP contribution < -0.4 is 10.2 Å². The number of fused-ring (bicyclic) bond motifs is 2. The number of rotatable bonds is 8. The summed E-state index contributed by atoms with van der Waals surface area (Å²) in [4.78, 5) is 18.4. The summed E-state index contributed by atoms with van der Waals surface area (Å²) >= 11 is 0. The quantitative estimate of drug-likeness (QED) is 0.230. The van der Waals surface area contributed by atoms with Gasteiger partial charge in [0.2, 0.25) is 0 Å². The Hall–Kier alpha value is -4.63. The lowest BCUT2D eigenvalue weighted by molar-refractivity contribution is 0.449. The molecule has 9 heteroatoms. The molecule has 0 bridgehead atoms. The van der Waals surface area contributed by atoms with Crippen molar-refractivity contribution in [2.24, 2.45) is 4.99 Å². The Labute approximate surface area is 251 Å². The minimum absolute atomic E-state index is 0.242. The molecule has 0 aliphatic carbocycles. The summed E-state index contributed by atoms with van der Waals surface area (Å²) in [5.41, 5.74) is 8.95. The fourth-order valence-electron chi connectivity index (χ4n) is 5.85. The van der Waals surface area contributed by atoms with Crippen LogP contribution in [0.4, 0.5) is 15.8 Å². The summed E-state index contributed by atoms with van der Waals surface area (Å²) < 4.78 is 14.8. The zero-order valence-corrected chi connectivity index (χ0v) is 25.0. The Bertz CT molecular complexity index is 1760. The number of aromatic nitrogens is 4. The highest BCUT2D eigenvalue weighted by Crippen LogP contribution is 2.35. The summed E-state index contributed by atoms with van der Waals surface area (Å²) in [5, 5.41) is 11.9. The van der Waals surface area contributed by atoms with E-state index in [0.29, 0.717) is 18.0 Å². The van der Waals surface area contributed by atoms with Gasteiger partial charge in [-0.2, -0.15) is 5.10 Å². The Morgan fingerprint density at radius 2 is 1.93 bits per heavy atom. The highest BCUT2D eigenvalue weighted by molar-refractivity contribution is 6.15. The van der Waals surface area contributed by atoms with Gasteiger partial charge in [0.1, 0.15) is 11.5 Å². The van der Waals surface area contributed by atoms with Crippen molar-refractivity contribution in [1.29, 1.82) is 0 Å². The van der Waals surface area contributed by atoms with Crippen LogP contribution >= 0.6 is 0 Å². The van der Waals surface area contributed by atoms with Crippen molar-refractivity contribution >= 4 is 33.8 Å².